The predicted octanol–water partition coefficient (Wildman–Crippen LogP) is 2.85. The van der Waals surface area contributed by atoms with Gasteiger partial charge in [-0.15, -0.1) is 0 Å². The van der Waals surface area contributed by atoms with Gasteiger partial charge in [-0.3, -0.25) is 9.78 Å². The fraction of sp³-hybridized carbons (Fsp3) is 0.444. The van der Waals surface area contributed by atoms with Crippen molar-refractivity contribution in [3.8, 4) is 0 Å². The summed E-state index contributed by atoms with van der Waals surface area (Å²) in [6.07, 6.45) is 4.20. The molecule has 0 radical (unpaired) electrons. The summed E-state index contributed by atoms with van der Waals surface area (Å²) in [7, 11) is 0. The first kappa shape index (κ1) is 16.6. The number of hydrogen-bond donors (Lipinski definition) is 2. The van der Waals surface area contributed by atoms with E-state index in [-0.39, 0.29) is 17.5 Å². The third-order valence-corrected chi connectivity index (χ3v) is 5.23. The molecular weight excluding hydrogens is 336 g/mol. The fourth-order valence-electron chi connectivity index (χ4n) is 4.07. The molecule has 4 rings (SSSR count). The zero-order valence-corrected chi connectivity index (χ0v) is 14.4. The van der Waals surface area contributed by atoms with Crippen LogP contribution in [0, 0.1) is 12.8 Å². The van der Waals surface area contributed by atoms with Crippen molar-refractivity contribution in [2.24, 2.45) is 5.92 Å². The molecule has 3 aromatic rings. The molecule has 0 aromatic carbocycles. The molecule has 0 bridgehead atoms. The summed E-state index contributed by atoms with van der Waals surface area (Å²) in [5.41, 5.74) is 1.79. The molecule has 1 fully saturated rings. The number of nitrogens with one attached hydrogen (secondary N) is 1. The molecule has 2 N–H and O–H groups in total. The number of amides is 1. The van der Waals surface area contributed by atoms with Gasteiger partial charge in [-0.1, -0.05) is 11.6 Å². The lowest BCUT2D eigenvalue weighted by Gasteiger charge is -2.31. The van der Waals surface area contributed by atoms with Gasteiger partial charge in [0, 0.05) is 18.8 Å². The Morgan fingerprint density at radius 3 is 3.08 bits per heavy atom. The van der Waals surface area contributed by atoms with E-state index in [0.29, 0.717) is 28.7 Å². The van der Waals surface area contributed by atoms with Gasteiger partial charge in [0.1, 0.15) is 22.2 Å². The largest absolute Gasteiger partial charge is 0.465 e. The molecule has 1 aliphatic rings. The van der Waals surface area contributed by atoms with Gasteiger partial charge >= 0.3 is 6.09 Å². The summed E-state index contributed by atoms with van der Waals surface area (Å²) >= 11 is 0. The van der Waals surface area contributed by atoms with E-state index in [1.54, 1.807) is 13.1 Å². The topological polar surface area (TPSA) is 110 Å². The second-order valence-corrected chi connectivity index (χ2v) is 6.88. The van der Waals surface area contributed by atoms with Crippen molar-refractivity contribution in [3.63, 3.8) is 0 Å². The second-order valence-electron chi connectivity index (χ2n) is 6.88. The molecule has 8 heteroatoms. The predicted molar refractivity (Wildman–Crippen MR) is 95.3 cm³/mol. The number of carbonyl (C=O) groups is 1. The van der Waals surface area contributed by atoms with Gasteiger partial charge in [0.05, 0.1) is 5.52 Å². The Bertz CT molecular complexity index is 1040. The van der Waals surface area contributed by atoms with Crippen molar-refractivity contribution in [1.82, 2.24) is 20.0 Å². The lowest BCUT2D eigenvalue weighted by atomic mass is 9.85. The smallest absolute Gasteiger partial charge is 0.404 e. The van der Waals surface area contributed by atoms with E-state index in [1.807, 2.05) is 16.7 Å². The maximum absolute atomic E-state index is 13.2. The summed E-state index contributed by atoms with van der Waals surface area (Å²) in [4.78, 5) is 28.4. The maximum Gasteiger partial charge on any atom is 0.404 e. The van der Waals surface area contributed by atoms with Gasteiger partial charge < -0.3 is 19.5 Å². The number of pyridine rings is 2. The Labute approximate surface area is 148 Å². The first-order valence-electron chi connectivity index (χ1n) is 8.78. The molecule has 26 heavy (non-hydrogen) atoms. The second kappa shape index (κ2) is 6.44. The van der Waals surface area contributed by atoms with E-state index in [4.69, 9.17) is 9.63 Å². The van der Waals surface area contributed by atoms with E-state index in [2.05, 4.69) is 15.5 Å². The number of hydrogen-bond acceptors (Lipinski definition) is 5. The summed E-state index contributed by atoms with van der Waals surface area (Å²) in [5.74, 6) is 0.703. The van der Waals surface area contributed by atoms with Gasteiger partial charge in [0.25, 0.3) is 5.56 Å². The third kappa shape index (κ3) is 2.71. The molecule has 1 aliphatic carbocycles. The molecule has 0 spiro atoms. The summed E-state index contributed by atoms with van der Waals surface area (Å²) in [6.45, 7) is 2.14. The number of aryl methyl sites for hydroxylation is 1. The van der Waals surface area contributed by atoms with Crippen LogP contribution >= 0.6 is 0 Å². The molecule has 2 unspecified atom stereocenters. The molecule has 0 aliphatic heterocycles. The van der Waals surface area contributed by atoms with Crippen molar-refractivity contribution in [2.75, 3.05) is 6.54 Å². The van der Waals surface area contributed by atoms with Crippen LogP contribution in [0.15, 0.2) is 27.6 Å². The van der Waals surface area contributed by atoms with Crippen molar-refractivity contribution in [2.45, 2.75) is 38.6 Å². The highest BCUT2D eigenvalue weighted by atomic mass is 16.5. The lowest BCUT2D eigenvalue weighted by molar-refractivity contribution is 0.187. The fourth-order valence-corrected chi connectivity index (χ4v) is 4.07. The highest BCUT2D eigenvalue weighted by molar-refractivity contribution is 6.01. The Hall–Kier alpha value is -2.90. The monoisotopic (exact) mass is 356 g/mol. The third-order valence-electron chi connectivity index (χ3n) is 5.23. The average molecular weight is 356 g/mol. The van der Waals surface area contributed by atoms with Gasteiger partial charge in [0.15, 0.2) is 0 Å². The summed E-state index contributed by atoms with van der Waals surface area (Å²) in [6, 6.07) is 3.69. The lowest BCUT2D eigenvalue weighted by Crippen LogP contribution is -2.34. The molecule has 2 atom stereocenters. The standard InChI is InChI=1S/C18H20N4O4/c1-10-14-16(21-26-10)15-13(6-3-7-19-15)22(17(14)23)12-5-2-4-11(8-12)9-20-18(24)25/h3,6-7,11-12,20H,2,4-5,8-9H2,1H3,(H,24,25). The Kier molecular flexibility index (Phi) is 4.10. The molecule has 3 heterocycles. The number of fused-ring (bicyclic) bond motifs is 3. The van der Waals surface area contributed by atoms with E-state index in [1.165, 1.54) is 0 Å². The Morgan fingerprint density at radius 1 is 1.42 bits per heavy atom. The number of aromatic nitrogens is 3. The van der Waals surface area contributed by atoms with Crippen LogP contribution in [0.5, 0.6) is 0 Å². The quantitative estimate of drug-likeness (QED) is 0.746. The van der Waals surface area contributed by atoms with Crippen molar-refractivity contribution in [1.29, 1.82) is 0 Å². The molecule has 0 saturated heterocycles. The van der Waals surface area contributed by atoms with Crippen LogP contribution in [-0.2, 0) is 0 Å². The minimum Gasteiger partial charge on any atom is -0.465 e. The van der Waals surface area contributed by atoms with Crippen LogP contribution < -0.4 is 10.9 Å². The van der Waals surface area contributed by atoms with Crippen molar-refractivity contribution in [3.05, 3.63) is 34.4 Å². The first-order valence-corrected chi connectivity index (χ1v) is 8.78. The van der Waals surface area contributed by atoms with Gasteiger partial charge in [0.2, 0.25) is 0 Å². The van der Waals surface area contributed by atoms with Crippen LogP contribution in [0.3, 0.4) is 0 Å². The van der Waals surface area contributed by atoms with Crippen molar-refractivity contribution >= 4 is 28.0 Å². The van der Waals surface area contributed by atoms with Crippen LogP contribution in [0.4, 0.5) is 4.79 Å². The molecule has 8 nitrogen and oxygen atoms in total. The SMILES string of the molecule is Cc1onc2c1c(=O)n(C1CCCC(CNC(=O)O)C1)c1cccnc21. The van der Waals surface area contributed by atoms with Crippen LogP contribution in [0.1, 0.15) is 37.5 Å². The van der Waals surface area contributed by atoms with E-state index in [0.717, 1.165) is 31.2 Å². The highest BCUT2D eigenvalue weighted by Gasteiger charge is 2.27. The number of nitrogens with zero attached hydrogens (tertiary/aromatic N) is 3. The van der Waals surface area contributed by atoms with E-state index >= 15 is 0 Å². The number of carboxylic acid groups (broad SMARTS) is 1. The van der Waals surface area contributed by atoms with E-state index in [9.17, 15) is 9.59 Å². The molecule has 136 valence electrons. The molecule has 1 saturated carbocycles. The van der Waals surface area contributed by atoms with Gasteiger partial charge in [-0.25, -0.2) is 4.79 Å². The molecular formula is C18H20N4O4. The summed E-state index contributed by atoms with van der Waals surface area (Å²) < 4.78 is 7.06. The van der Waals surface area contributed by atoms with Crippen LogP contribution in [-0.4, -0.2) is 32.5 Å². The molecule has 1 amide bonds. The molecule has 3 aromatic heterocycles. The summed E-state index contributed by atoms with van der Waals surface area (Å²) in [5, 5.41) is 15.8. The Morgan fingerprint density at radius 2 is 2.27 bits per heavy atom. The first-order chi connectivity index (χ1) is 12.6. The zero-order valence-electron chi connectivity index (χ0n) is 14.4. The maximum atomic E-state index is 13.2. The highest BCUT2D eigenvalue weighted by Crippen LogP contribution is 2.34. The van der Waals surface area contributed by atoms with Crippen LogP contribution in [0.2, 0.25) is 0 Å². The average Bonchev–Trinajstić information content (AvgIpc) is 3.03. The normalized spacial score (nSPS) is 20.5. The van der Waals surface area contributed by atoms with Gasteiger partial charge in [-0.2, -0.15) is 0 Å². The number of rotatable bonds is 3. The minimum absolute atomic E-state index is 0.00208. The zero-order chi connectivity index (χ0) is 18.3. The minimum atomic E-state index is -1.01. The van der Waals surface area contributed by atoms with Gasteiger partial charge in [-0.05, 0) is 44.2 Å². The van der Waals surface area contributed by atoms with E-state index < -0.39 is 6.09 Å². The van der Waals surface area contributed by atoms with Crippen LogP contribution in [0.25, 0.3) is 21.9 Å². The van der Waals surface area contributed by atoms with Crippen molar-refractivity contribution < 1.29 is 14.4 Å². The Balaban J connectivity index is 1.82.